The average molecular weight is 305 g/mol. The van der Waals surface area contributed by atoms with Crippen LogP contribution in [0.25, 0.3) is 10.0 Å². The van der Waals surface area contributed by atoms with Crippen molar-refractivity contribution in [2.75, 3.05) is 0 Å². The molecule has 0 spiro atoms. The topological polar surface area (TPSA) is 9.23 Å². The van der Waals surface area contributed by atoms with Crippen LogP contribution in [0.3, 0.4) is 0 Å². The molecule has 2 aromatic rings. The van der Waals surface area contributed by atoms with E-state index in [0.29, 0.717) is 0 Å². The number of alkyl halides is 3. The first-order chi connectivity index (χ1) is 7.94. The van der Waals surface area contributed by atoms with Crippen LogP contribution in [0.2, 0.25) is 0 Å². The van der Waals surface area contributed by atoms with Gasteiger partial charge in [0.1, 0.15) is 0 Å². The zero-order valence-corrected chi connectivity index (χ0v) is 10.6. The van der Waals surface area contributed by atoms with Gasteiger partial charge in [0, 0.05) is 0 Å². The third-order valence-corrected chi connectivity index (χ3v) is 4.32. The van der Waals surface area contributed by atoms with Crippen LogP contribution in [0, 0.1) is 6.92 Å². The van der Waals surface area contributed by atoms with E-state index in [9.17, 15) is 13.2 Å². The Morgan fingerprint density at radius 2 is 1.65 bits per heavy atom. The summed E-state index contributed by atoms with van der Waals surface area (Å²) in [4.78, 5) is 0. The van der Waals surface area contributed by atoms with Gasteiger partial charge in [0.2, 0.25) is 0 Å². The molecule has 0 radical (unpaired) electrons. The van der Waals surface area contributed by atoms with Crippen molar-refractivity contribution < 1.29 is 17.9 Å². The van der Waals surface area contributed by atoms with Gasteiger partial charge < -0.3 is 0 Å². The summed E-state index contributed by atoms with van der Waals surface area (Å²) >= 11 is 0.284. The molecule has 0 unspecified atom stereocenters. The minimum atomic E-state index is -4.63. The molecule has 0 amide bonds. The fourth-order valence-electron chi connectivity index (χ4n) is 1.41. The number of hydrogen-bond donors (Lipinski definition) is 0. The Kier molecular flexibility index (Phi) is 3.31. The molecule has 1 aromatic heterocycles. The number of benzene rings is 1. The quantitative estimate of drug-likeness (QED) is 0.770. The zero-order chi connectivity index (χ0) is 12.5. The van der Waals surface area contributed by atoms with E-state index in [-0.39, 0.29) is 20.3 Å². The van der Waals surface area contributed by atoms with Crippen LogP contribution in [0.1, 0.15) is 4.44 Å². The van der Waals surface area contributed by atoms with Gasteiger partial charge in [-0.2, -0.15) is 0 Å². The summed E-state index contributed by atoms with van der Waals surface area (Å²) in [6.07, 6.45) is -4.63. The molecule has 0 N–H and O–H groups in total. The molecular weight excluding hydrogens is 296 g/mol. The third-order valence-electron chi connectivity index (χ3n) is 2.11. The molecule has 90 valence electrons. The number of halogens is 3. The minimum absolute atomic E-state index is 0.183. The number of aryl methyl sites for hydroxylation is 1. The van der Waals surface area contributed by atoms with Crippen LogP contribution in [-0.4, -0.2) is 20.9 Å². The van der Waals surface area contributed by atoms with Crippen LogP contribution in [0.5, 0.6) is 5.75 Å². The van der Waals surface area contributed by atoms with Crippen molar-refractivity contribution in [3.8, 4) is 15.8 Å². The molecule has 1 aromatic carbocycles. The van der Waals surface area contributed by atoms with Crippen LogP contribution in [-0.2, 0) is 0 Å². The van der Waals surface area contributed by atoms with Crippen molar-refractivity contribution in [2.45, 2.75) is 13.3 Å². The molecule has 0 atom stereocenters. The molecular formula is C12H9F3OSe. The Balaban J connectivity index is 2.19. The maximum absolute atomic E-state index is 12.0. The van der Waals surface area contributed by atoms with Gasteiger partial charge in [-0.1, -0.05) is 0 Å². The van der Waals surface area contributed by atoms with E-state index < -0.39 is 6.36 Å². The predicted octanol–water partition coefficient (Wildman–Crippen LogP) is 3.62. The van der Waals surface area contributed by atoms with Gasteiger partial charge in [-0.15, -0.1) is 0 Å². The number of hydrogen-bond acceptors (Lipinski definition) is 1. The summed E-state index contributed by atoms with van der Waals surface area (Å²) in [5.41, 5.74) is 0.952. The van der Waals surface area contributed by atoms with Crippen molar-refractivity contribution in [3.05, 3.63) is 40.8 Å². The fourth-order valence-corrected chi connectivity index (χ4v) is 3.24. The molecule has 0 aliphatic heterocycles. The summed E-state index contributed by atoms with van der Waals surface area (Å²) in [7, 11) is 0. The molecule has 5 heteroatoms. The number of rotatable bonds is 2. The summed E-state index contributed by atoms with van der Waals surface area (Å²) in [6.45, 7) is 2.05. The van der Waals surface area contributed by atoms with Gasteiger partial charge in [0.05, 0.1) is 0 Å². The standard InChI is InChI=1S/C12H9F3OSe/c1-8-2-7-11(17-8)9-3-5-10(6-4-9)16-12(13,14)15/h2-7H,1H3. The van der Waals surface area contributed by atoms with Crippen molar-refractivity contribution in [2.24, 2.45) is 0 Å². The molecule has 0 aliphatic rings. The van der Waals surface area contributed by atoms with Gasteiger partial charge >= 0.3 is 102 Å². The second kappa shape index (κ2) is 4.59. The Morgan fingerprint density at radius 1 is 1.00 bits per heavy atom. The molecule has 0 saturated carbocycles. The van der Waals surface area contributed by atoms with Gasteiger partial charge in [0.15, 0.2) is 0 Å². The van der Waals surface area contributed by atoms with Crippen molar-refractivity contribution in [3.63, 3.8) is 0 Å². The molecule has 1 heterocycles. The Morgan fingerprint density at radius 3 is 2.12 bits per heavy atom. The van der Waals surface area contributed by atoms with E-state index in [2.05, 4.69) is 4.74 Å². The number of ether oxygens (including phenoxy) is 1. The first kappa shape index (κ1) is 12.3. The summed E-state index contributed by atoms with van der Waals surface area (Å²) < 4.78 is 42.2. The second-order valence-electron chi connectivity index (χ2n) is 3.48. The van der Waals surface area contributed by atoms with Gasteiger partial charge in [0.25, 0.3) is 0 Å². The van der Waals surface area contributed by atoms with Crippen LogP contribution in [0.4, 0.5) is 13.2 Å². The molecule has 1 nitrogen and oxygen atoms in total. The predicted molar refractivity (Wildman–Crippen MR) is 60.2 cm³/mol. The van der Waals surface area contributed by atoms with Gasteiger partial charge in [-0.05, 0) is 0 Å². The zero-order valence-electron chi connectivity index (χ0n) is 8.91. The Labute approximate surface area is 103 Å². The molecule has 0 saturated heterocycles. The first-order valence-electron chi connectivity index (χ1n) is 4.87. The van der Waals surface area contributed by atoms with Gasteiger partial charge in [-0.3, -0.25) is 0 Å². The SMILES string of the molecule is Cc1ccc(-c2ccc(OC(F)(F)F)cc2)[se]1. The van der Waals surface area contributed by atoms with E-state index in [1.165, 1.54) is 21.0 Å². The summed E-state index contributed by atoms with van der Waals surface area (Å²) in [6, 6.07) is 10.0. The molecule has 0 fully saturated rings. The third kappa shape index (κ3) is 3.38. The molecule has 0 bridgehead atoms. The monoisotopic (exact) mass is 306 g/mol. The van der Waals surface area contributed by atoms with Crippen LogP contribution < -0.4 is 4.74 Å². The van der Waals surface area contributed by atoms with Crippen LogP contribution >= 0.6 is 0 Å². The molecule has 17 heavy (non-hydrogen) atoms. The summed E-state index contributed by atoms with van der Waals surface area (Å²) in [5, 5.41) is 0. The normalized spacial score (nSPS) is 11.5. The Bertz CT molecular complexity index is 499. The fraction of sp³-hybridized carbons (Fsp3) is 0.167. The van der Waals surface area contributed by atoms with Crippen molar-refractivity contribution in [1.82, 2.24) is 0 Å². The summed E-state index contributed by atoms with van der Waals surface area (Å²) in [5.74, 6) is -0.183. The first-order valence-corrected chi connectivity index (χ1v) is 6.58. The van der Waals surface area contributed by atoms with Gasteiger partial charge in [-0.25, -0.2) is 0 Å². The van der Waals surface area contributed by atoms with E-state index in [1.807, 2.05) is 19.1 Å². The molecule has 2 rings (SSSR count). The van der Waals surface area contributed by atoms with E-state index >= 15 is 0 Å². The van der Waals surface area contributed by atoms with Crippen molar-refractivity contribution in [1.29, 1.82) is 0 Å². The maximum atomic E-state index is 12.0. The van der Waals surface area contributed by atoms with Crippen molar-refractivity contribution >= 4 is 14.5 Å². The van der Waals surface area contributed by atoms with Crippen LogP contribution in [0.15, 0.2) is 36.4 Å². The molecule has 0 aliphatic carbocycles. The average Bonchev–Trinajstić information content (AvgIpc) is 2.63. The second-order valence-corrected chi connectivity index (χ2v) is 6.18. The van der Waals surface area contributed by atoms with E-state index in [4.69, 9.17) is 0 Å². The van der Waals surface area contributed by atoms with E-state index in [1.54, 1.807) is 12.1 Å². The van der Waals surface area contributed by atoms with E-state index in [0.717, 1.165) is 5.56 Å². The Hall–Kier alpha value is -1.19.